The minimum absolute atomic E-state index is 0.688. The highest BCUT2D eigenvalue weighted by atomic mass is 31.2. The molecule has 0 aliphatic carbocycles. The third-order valence-corrected chi connectivity index (χ3v) is 11.3. The highest BCUT2D eigenvalue weighted by molar-refractivity contribution is 7.46. The molecule has 0 radical (unpaired) electrons. The average Bonchev–Trinajstić information content (AvgIpc) is 3.39. The Kier molecular flexibility index (Phi) is 6.00. The molecule has 0 spiro atoms. The van der Waals surface area contributed by atoms with Crippen LogP contribution in [0.2, 0.25) is 0 Å². The fourth-order valence-corrected chi connectivity index (χ4v) is 9.12. The van der Waals surface area contributed by atoms with Gasteiger partial charge in [0.05, 0.1) is 0 Å². The van der Waals surface area contributed by atoms with Crippen LogP contribution < -0.4 is 4.31 Å². The van der Waals surface area contributed by atoms with E-state index in [1.165, 1.54) is 0 Å². The third-order valence-electron chi connectivity index (χ3n) is 8.89. The van der Waals surface area contributed by atoms with Crippen molar-refractivity contribution in [2.45, 2.75) is 0 Å². The Balaban J connectivity index is 1.30. The summed E-state index contributed by atoms with van der Waals surface area (Å²) in [5.74, 6) is 0. The molecule has 2 aromatic heterocycles. The van der Waals surface area contributed by atoms with E-state index >= 15 is 0 Å². The van der Waals surface area contributed by atoms with Gasteiger partial charge in [-0.25, -0.2) is 0 Å². The highest BCUT2D eigenvalue weighted by Gasteiger charge is 2.18. The van der Waals surface area contributed by atoms with Gasteiger partial charge in [0.25, 0.3) is 0 Å². The van der Waals surface area contributed by atoms with Crippen molar-refractivity contribution in [1.82, 2.24) is 0 Å². The van der Waals surface area contributed by atoms with E-state index in [2.05, 4.69) is 97.1 Å². The molecule has 0 atom stereocenters. The monoisotopic (exact) mass is 646 g/mol. The number of benzene rings is 8. The van der Waals surface area contributed by atoms with Crippen LogP contribution in [0.5, 0.6) is 0 Å². The molecule has 0 saturated carbocycles. The predicted octanol–water partition coefficient (Wildman–Crippen LogP) is 13.4. The molecule has 0 amide bonds. The van der Waals surface area contributed by atoms with Gasteiger partial charge in [-0.2, -0.15) is 4.31 Å². The fourth-order valence-electron chi connectivity index (χ4n) is 6.82. The van der Waals surface area contributed by atoms with E-state index in [0.29, 0.717) is 22.3 Å². The van der Waals surface area contributed by atoms with Crippen LogP contribution in [0.4, 0.5) is 0 Å². The van der Waals surface area contributed by atoms with Crippen LogP contribution in [0, 0.1) is 0 Å². The molecular formula is C40H24O5P2. The van der Waals surface area contributed by atoms with E-state index < -0.39 is 16.5 Å². The van der Waals surface area contributed by atoms with E-state index in [4.69, 9.17) is 21.1 Å². The van der Waals surface area contributed by atoms with Gasteiger partial charge in [0, 0.05) is 21.5 Å². The summed E-state index contributed by atoms with van der Waals surface area (Å²) in [5.41, 5.74) is 2.75. The molecule has 8 aromatic carbocycles. The minimum atomic E-state index is -1.99. The van der Waals surface area contributed by atoms with E-state index in [-0.39, 0.29) is 0 Å². The standard InChI is InChI=1S/C40H24O5P2/c1-5-13-29-25(9-1)17-21-33-37(29)38-30-14-6-2-10-26(30)18-22-34(38)42-46(41-33)45-47-43-35-23-19-27-11-3-7-15-31(27)39(35)40-32-16-8-4-12-28(32)20-24-36(40)44-47/h1-24H. The summed E-state index contributed by atoms with van der Waals surface area (Å²) >= 11 is 0. The van der Waals surface area contributed by atoms with Gasteiger partial charge < -0.3 is 16.8 Å². The molecule has 0 aliphatic heterocycles. The first-order valence-electron chi connectivity index (χ1n) is 15.4. The van der Waals surface area contributed by atoms with Crippen LogP contribution in [0.3, 0.4) is 0 Å². The molecule has 0 aliphatic rings. The normalized spacial score (nSPS) is 11.9. The molecule has 0 bridgehead atoms. The van der Waals surface area contributed by atoms with Gasteiger partial charge in [-0.15, -0.1) is 0 Å². The average molecular weight is 647 g/mol. The van der Waals surface area contributed by atoms with Crippen LogP contribution in [0.15, 0.2) is 162 Å². The van der Waals surface area contributed by atoms with E-state index in [0.717, 1.165) is 64.6 Å². The van der Waals surface area contributed by atoms with Crippen LogP contribution in [-0.4, -0.2) is 0 Å². The van der Waals surface area contributed by atoms with Crippen molar-refractivity contribution in [3.05, 3.63) is 146 Å². The summed E-state index contributed by atoms with van der Waals surface area (Å²) in [7, 11) is -3.97. The summed E-state index contributed by atoms with van der Waals surface area (Å²) in [6.45, 7) is 0. The zero-order valence-electron chi connectivity index (χ0n) is 24.8. The first kappa shape index (κ1) is 26.7. The van der Waals surface area contributed by atoms with E-state index in [1.807, 2.05) is 48.5 Å². The number of hydrogen-bond donors (Lipinski definition) is 0. The molecule has 2 heterocycles. The van der Waals surface area contributed by atoms with Gasteiger partial charge in [-0.3, -0.25) is 0 Å². The van der Waals surface area contributed by atoms with Crippen LogP contribution in [-0.2, 0) is 0 Å². The molecular weight excluding hydrogens is 622 g/mol. The van der Waals surface area contributed by atoms with Gasteiger partial charge in [0.2, 0.25) is 0 Å². The van der Waals surface area contributed by atoms with Crippen molar-refractivity contribution in [3.63, 3.8) is 0 Å². The Morgan fingerprint density at radius 2 is 0.553 bits per heavy atom. The van der Waals surface area contributed by atoms with Gasteiger partial charge >= 0.3 is 16.5 Å². The molecule has 7 heteroatoms. The zero-order valence-corrected chi connectivity index (χ0v) is 26.6. The molecule has 0 unspecified atom stereocenters. The van der Waals surface area contributed by atoms with Gasteiger partial charge in [-0.1, -0.05) is 121 Å². The molecule has 224 valence electrons. The second-order valence-electron chi connectivity index (χ2n) is 11.5. The molecule has 10 rings (SSSR count). The SMILES string of the molecule is c1ccc2c(c1)ccc1op(Op3oc4ccc5ccccc5c4c4c(ccc5ccccc54)o3)oc3ccc4ccccc4c3c12. The predicted molar refractivity (Wildman–Crippen MR) is 195 cm³/mol. The third kappa shape index (κ3) is 4.29. The van der Waals surface area contributed by atoms with Crippen LogP contribution in [0.1, 0.15) is 0 Å². The quantitative estimate of drug-likeness (QED) is 0.187. The Labute approximate surface area is 269 Å². The summed E-state index contributed by atoms with van der Waals surface area (Å²) < 4.78 is 33.1. The van der Waals surface area contributed by atoms with E-state index in [9.17, 15) is 0 Å². The second-order valence-corrected chi connectivity index (χ2v) is 13.8. The maximum absolute atomic E-state index is 6.63. The molecule has 47 heavy (non-hydrogen) atoms. The number of fused-ring (bicyclic) bond motifs is 14. The molecule has 10 aromatic rings. The van der Waals surface area contributed by atoms with Crippen molar-refractivity contribution in [2.24, 2.45) is 0 Å². The van der Waals surface area contributed by atoms with Crippen molar-refractivity contribution in [1.29, 1.82) is 0 Å². The molecule has 5 nitrogen and oxygen atoms in total. The lowest BCUT2D eigenvalue weighted by molar-refractivity contribution is 0.505. The number of hydrogen-bond acceptors (Lipinski definition) is 5. The van der Waals surface area contributed by atoms with Crippen molar-refractivity contribution in [3.8, 4) is 0 Å². The topological polar surface area (TPSA) is 61.8 Å². The number of rotatable bonds is 2. The summed E-state index contributed by atoms with van der Waals surface area (Å²) in [6, 6.07) is 49.7. The first-order chi connectivity index (χ1) is 23.3. The Morgan fingerprint density at radius 3 is 0.830 bits per heavy atom. The second kappa shape index (κ2) is 10.6. The van der Waals surface area contributed by atoms with Crippen molar-refractivity contribution in [2.75, 3.05) is 0 Å². The molecule has 0 N–H and O–H groups in total. The molecule has 0 saturated heterocycles. The smallest absolute Gasteiger partial charge is 0.398 e. The summed E-state index contributed by atoms with van der Waals surface area (Å²) in [4.78, 5) is 0. The van der Waals surface area contributed by atoms with Gasteiger partial charge in [0.1, 0.15) is 22.3 Å². The Hall–Kier alpha value is -5.44. The maximum Gasteiger partial charge on any atom is 0.400 e. The lowest BCUT2D eigenvalue weighted by atomic mass is 9.99. The zero-order chi connectivity index (χ0) is 30.9. The minimum Gasteiger partial charge on any atom is -0.398 e. The Morgan fingerprint density at radius 1 is 0.298 bits per heavy atom. The maximum atomic E-state index is 6.63. The van der Waals surface area contributed by atoms with Gasteiger partial charge in [-0.05, 0) is 67.4 Å². The van der Waals surface area contributed by atoms with Crippen molar-refractivity contribution < 1.29 is 21.1 Å². The van der Waals surface area contributed by atoms with Crippen molar-refractivity contribution >= 4 is 103 Å². The Bertz CT molecular complexity index is 2560. The molecule has 0 fully saturated rings. The summed E-state index contributed by atoms with van der Waals surface area (Å²) in [6.07, 6.45) is 0. The summed E-state index contributed by atoms with van der Waals surface area (Å²) in [5, 5.41) is 12.7. The lowest BCUT2D eigenvalue weighted by Gasteiger charge is -2.05. The lowest BCUT2D eigenvalue weighted by Crippen LogP contribution is -1.79. The van der Waals surface area contributed by atoms with E-state index in [1.54, 1.807) is 0 Å². The van der Waals surface area contributed by atoms with Crippen LogP contribution >= 0.6 is 16.5 Å². The fraction of sp³-hybridized carbons (Fsp3) is 0. The highest BCUT2D eigenvalue weighted by Crippen LogP contribution is 2.46. The van der Waals surface area contributed by atoms with Gasteiger partial charge in [0.15, 0.2) is 0 Å². The first-order valence-corrected chi connectivity index (χ1v) is 17.6. The largest absolute Gasteiger partial charge is 0.400 e. The van der Waals surface area contributed by atoms with Crippen LogP contribution in [0.25, 0.3) is 87.0 Å².